The molecule has 3 unspecified atom stereocenters. The Hall–Kier alpha value is -0.710. The summed E-state index contributed by atoms with van der Waals surface area (Å²) < 4.78 is 28.7. The highest BCUT2D eigenvalue weighted by molar-refractivity contribution is 5.75. The molecule has 0 spiro atoms. The molecule has 5 heteroatoms. The van der Waals surface area contributed by atoms with E-state index >= 15 is 0 Å². The molecule has 0 bridgehead atoms. The monoisotopic (exact) mass is 207 g/mol. The number of methoxy groups -OCH3 is 1. The van der Waals surface area contributed by atoms with Crippen molar-refractivity contribution in [1.29, 1.82) is 0 Å². The van der Waals surface area contributed by atoms with Gasteiger partial charge in [-0.15, -0.1) is 0 Å². The summed E-state index contributed by atoms with van der Waals surface area (Å²) in [5.74, 6) is -0.825. The number of ether oxygens (including phenoxy) is 1. The van der Waals surface area contributed by atoms with Gasteiger partial charge in [0.15, 0.2) is 0 Å². The molecule has 82 valence electrons. The van der Waals surface area contributed by atoms with Gasteiger partial charge in [-0.25, -0.2) is 8.78 Å². The van der Waals surface area contributed by atoms with E-state index in [1.807, 2.05) is 0 Å². The zero-order valence-electron chi connectivity index (χ0n) is 8.30. The summed E-state index contributed by atoms with van der Waals surface area (Å²) in [4.78, 5) is 10.9. The van der Waals surface area contributed by atoms with E-state index in [0.29, 0.717) is 13.0 Å². The van der Waals surface area contributed by atoms with Gasteiger partial charge in [0.1, 0.15) is 6.04 Å². The lowest BCUT2D eigenvalue weighted by molar-refractivity contribution is -0.142. The summed E-state index contributed by atoms with van der Waals surface area (Å²) >= 11 is 0. The Labute approximate surface area is 81.8 Å². The third-order valence-corrected chi connectivity index (χ3v) is 2.54. The average molecular weight is 207 g/mol. The number of carbonyl (C=O) groups excluding carboxylic acids is 1. The molecule has 0 aromatic rings. The molecule has 14 heavy (non-hydrogen) atoms. The highest BCUT2D eigenvalue weighted by Gasteiger charge is 2.43. The van der Waals surface area contributed by atoms with Crippen LogP contribution < -0.4 is 5.32 Å². The van der Waals surface area contributed by atoms with Crippen molar-refractivity contribution in [3.8, 4) is 0 Å². The van der Waals surface area contributed by atoms with Gasteiger partial charge in [-0.2, -0.15) is 0 Å². The summed E-state index contributed by atoms with van der Waals surface area (Å²) in [6, 6.07) is -0.418. The molecule has 1 saturated carbocycles. The molecular weight excluding hydrogens is 192 g/mol. The summed E-state index contributed by atoms with van der Waals surface area (Å²) in [5.41, 5.74) is 0. The highest BCUT2D eigenvalue weighted by atomic mass is 19.3. The van der Waals surface area contributed by atoms with Crippen molar-refractivity contribution in [3.63, 3.8) is 0 Å². The smallest absolute Gasteiger partial charge is 0.322 e. The molecule has 3 nitrogen and oxygen atoms in total. The molecule has 1 rings (SSSR count). The van der Waals surface area contributed by atoms with Crippen LogP contribution in [0.5, 0.6) is 0 Å². The summed E-state index contributed by atoms with van der Waals surface area (Å²) in [7, 11) is 1.31. The Morgan fingerprint density at radius 2 is 2.29 bits per heavy atom. The van der Waals surface area contributed by atoms with Crippen LogP contribution in [0.3, 0.4) is 0 Å². The van der Waals surface area contributed by atoms with Crippen molar-refractivity contribution < 1.29 is 18.3 Å². The van der Waals surface area contributed by atoms with Gasteiger partial charge in [0.2, 0.25) is 6.43 Å². The van der Waals surface area contributed by atoms with Crippen LogP contribution in [-0.2, 0) is 9.53 Å². The van der Waals surface area contributed by atoms with E-state index in [9.17, 15) is 13.6 Å². The second-order valence-electron chi connectivity index (χ2n) is 3.65. The van der Waals surface area contributed by atoms with Crippen LogP contribution >= 0.6 is 0 Å². The lowest BCUT2D eigenvalue weighted by Gasteiger charge is -2.10. The number of rotatable bonds is 5. The Morgan fingerprint density at radius 1 is 1.64 bits per heavy atom. The maximum absolute atomic E-state index is 12.1. The second kappa shape index (κ2) is 4.68. The van der Waals surface area contributed by atoms with Gasteiger partial charge in [-0.3, -0.25) is 4.79 Å². The van der Waals surface area contributed by atoms with E-state index in [-0.39, 0.29) is 11.9 Å². The molecule has 0 radical (unpaired) electrons. The number of hydrogen-bond donors (Lipinski definition) is 1. The normalized spacial score (nSPS) is 27.5. The number of halogens is 2. The van der Waals surface area contributed by atoms with Crippen LogP contribution in [-0.4, -0.2) is 32.1 Å². The highest BCUT2D eigenvalue weighted by Crippen LogP contribution is 2.42. The van der Waals surface area contributed by atoms with Gasteiger partial charge in [-0.1, -0.05) is 0 Å². The fourth-order valence-electron chi connectivity index (χ4n) is 1.40. The molecule has 0 heterocycles. The minimum atomic E-state index is -2.23. The minimum absolute atomic E-state index is 0.0158. The molecule has 1 N–H and O–H groups in total. The topological polar surface area (TPSA) is 38.3 Å². The van der Waals surface area contributed by atoms with Crippen molar-refractivity contribution in [2.24, 2.45) is 11.8 Å². The summed E-state index contributed by atoms with van der Waals surface area (Å²) in [6.45, 7) is 2.12. The van der Waals surface area contributed by atoms with Crippen molar-refractivity contribution in [2.75, 3.05) is 13.7 Å². The van der Waals surface area contributed by atoms with Crippen LogP contribution in [0.1, 0.15) is 13.3 Å². The third-order valence-electron chi connectivity index (χ3n) is 2.54. The van der Waals surface area contributed by atoms with E-state index in [1.165, 1.54) is 7.11 Å². The molecule has 1 aliphatic rings. The van der Waals surface area contributed by atoms with Crippen molar-refractivity contribution >= 4 is 5.97 Å². The van der Waals surface area contributed by atoms with Crippen LogP contribution in [0, 0.1) is 11.8 Å². The number of hydrogen-bond acceptors (Lipinski definition) is 3. The number of esters is 1. The van der Waals surface area contributed by atoms with E-state index in [2.05, 4.69) is 10.1 Å². The van der Waals surface area contributed by atoms with Gasteiger partial charge in [-0.05, 0) is 25.8 Å². The molecule has 3 atom stereocenters. The van der Waals surface area contributed by atoms with Crippen molar-refractivity contribution in [1.82, 2.24) is 5.32 Å². The second-order valence-corrected chi connectivity index (χ2v) is 3.65. The third kappa shape index (κ3) is 2.90. The molecule has 1 fully saturated rings. The molecule has 0 aromatic carbocycles. The van der Waals surface area contributed by atoms with E-state index in [0.717, 1.165) is 0 Å². The Bertz CT molecular complexity index is 211. The van der Waals surface area contributed by atoms with Gasteiger partial charge in [0.25, 0.3) is 0 Å². The molecule has 1 aliphatic carbocycles. The van der Waals surface area contributed by atoms with Crippen molar-refractivity contribution in [2.45, 2.75) is 25.8 Å². The lowest BCUT2D eigenvalue weighted by Crippen LogP contribution is -2.36. The summed E-state index contributed by atoms with van der Waals surface area (Å²) in [5, 5.41) is 2.87. The van der Waals surface area contributed by atoms with E-state index < -0.39 is 18.4 Å². The molecule has 0 aliphatic heterocycles. The quantitative estimate of drug-likeness (QED) is 0.684. The predicted molar refractivity (Wildman–Crippen MR) is 47.1 cm³/mol. The first kappa shape index (κ1) is 11.4. The Morgan fingerprint density at radius 3 is 2.71 bits per heavy atom. The minimum Gasteiger partial charge on any atom is -0.468 e. The van der Waals surface area contributed by atoms with Crippen LogP contribution in [0.15, 0.2) is 0 Å². The van der Waals surface area contributed by atoms with Crippen LogP contribution in [0.2, 0.25) is 0 Å². The first-order chi connectivity index (χ1) is 6.56. The largest absolute Gasteiger partial charge is 0.468 e. The van der Waals surface area contributed by atoms with Gasteiger partial charge < -0.3 is 10.1 Å². The first-order valence-corrected chi connectivity index (χ1v) is 4.65. The van der Waals surface area contributed by atoms with Crippen LogP contribution in [0.4, 0.5) is 8.78 Å². The predicted octanol–water partition coefficient (Wildman–Crippen LogP) is 1.04. The zero-order valence-corrected chi connectivity index (χ0v) is 8.30. The van der Waals surface area contributed by atoms with E-state index in [1.54, 1.807) is 6.92 Å². The summed E-state index contributed by atoms with van der Waals surface area (Å²) in [6.07, 6.45) is -1.67. The Balaban J connectivity index is 2.14. The zero-order chi connectivity index (χ0) is 10.7. The molecule has 0 aromatic heterocycles. The standard InChI is InChI=1S/C9H15F2NO2/c1-5(9(13)14-2)12-4-6-3-7(6)8(10)11/h5-8,12H,3-4H2,1-2H3. The number of alkyl halides is 2. The van der Waals surface area contributed by atoms with Gasteiger partial charge in [0.05, 0.1) is 7.11 Å². The van der Waals surface area contributed by atoms with E-state index in [4.69, 9.17) is 0 Å². The van der Waals surface area contributed by atoms with Gasteiger partial charge in [0, 0.05) is 5.92 Å². The fourth-order valence-corrected chi connectivity index (χ4v) is 1.40. The SMILES string of the molecule is COC(=O)C(C)NCC1CC1C(F)F. The molecular formula is C9H15F2NO2. The fraction of sp³-hybridized carbons (Fsp3) is 0.889. The maximum Gasteiger partial charge on any atom is 0.322 e. The number of nitrogens with one attached hydrogen (secondary N) is 1. The number of carbonyl (C=O) groups is 1. The van der Waals surface area contributed by atoms with Crippen molar-refractivity contribution in [3.05, 3.63) is 0 Å². The van der Waals surface area contributed by atoms with Crippen LogP contribution in [0.25, 0.3) is 0 Å². The first-order valence-electron chi connectivity index (χ1n) is 4.65. The average Bonchev–Trinajstić information content (AvgIpc) is 2.92. The lowest BCUT2D eigenvalue weighted by atomic mass is 10.3. The van der Waals surface area contributed by atoms with Gasteiger partial charge >= 0.3 is 5.97 Å². The molecule has 0 amide bonds. The Kier molecular flexibility index (Phi) is 3.80. The molecule has 0 saturated heterocycles. The maximum atomic E-state index is 12.1.